The molecule has 0 aliphatic rings. The molecule has 0 saturated carbocycles. The quantitative estimate of drug-likeness (QED) is 0.850. The Morgan fingerprint density at radius 3 is 3.05 bits per heavy atom. The van der Waals surface area contributed by atoms with Gasteiger partial charge in [0.25, 0.3) is 0 Å². The van der Waals surface area contributed by atoms with Crippen molar-refractivity contribution in [2.24, 2.45) is 0 Å². The van der Waals surface area contributed by atoms with Crippen LogP contribution in [-0.4, -0.2) is 15.7 Å². The molecule has 19 heavy (non-hydrogen) atoms. The van der Waals surface area contributed by atoms with Crippen molar-refractivity contribution in [2.75, 3.05) is 5.73 Å². The molecule has 1 atom stereocenters. The normalized spacial score (nSPS) is 12.3. The smallest absolute Gasteiger partial charge is 0.242 e. The van der Waals surface area contributed by atoms with Crippen molar-refractivity contribution in [1.29, 1.82) is 0 Å². The second-order valence-corrected chi connectivity index (χ2v) is 5.37. The van der Waals surface area contributed by atoms with Gasteiger partial charge in [0.15, 0.2) is 0 Å². The average Bonchev–Trinajstić information content (AvgIpc) is 3.00. The number of aromatic nitrogens is 2. The molecule has 6 heteroatoms. The van der Waals surface area contributed by atoms with Crippen LogP contribution in [0.25, 0.3) is 0 Å². The van der Waals surface area contributed by atoms with Gasteiger partial charge in [-0.2, -0.15) is 5.10 Å². The van der Waals surface area contributed by atoms with Gasteiger partial charge in [0.2, 0.25) is 5.91 Å². The summed E-state index contributed by atoms with van der Waals surface area (Å²) in [5, 5.41) is 9.08. The number of amides is 1. The topological polar surface area (TPSA) is 72.9 Å². The van der Waals surface area contributed by atoms with Crippen LogP contribution in [0.5, 0.6) is 0 Å². The van der Waals surface area contributed by atoms with Crippen molar-refractivity contribution in [3.63, 3.8) is 0 Å². The van der Waals surface area contributed by atoms with Crippen molar-refractivity contribution < 1.29 is 4.79 Å². The van der Waals surface area contributed by atoms with E-state index in [1.54, 1.807) is 22.2 Å². The molecule has 0 fully saturated rings. The predicted octanol–water partition coefficient (Wildman–Crippen LogP) is 2.18. The molecule has 102 valence electrons. The first kappa shape index (κ1) is 13.6. The molecule has 5 nitrogen and oxygen atoms in total. The van der Waals surface area contributed by atoms with Gasteiger partial charge in [-0.3, -0.25) is 9.48 Å². The first-order valence-electron chi connectivity index (χ1n) is 6.29. The van der Waals surface area contributed by atoms with E-state index in [1.807, 2.05) is 11.4 Å². The van der Waals surface area contributed by atoms with E-state index in [-0.39, 0.29) is 18.5 Å². The van der Waals surface area contributed by atoms with Crippen molar-refractivity contribution in [3.8, 4) is 0 Å². The minimum absolute atomic E-state index is 0.0463. The van der Waals surface area contributed by atoms with Gasteiger partial charge in [0, 0.05) is 11.1 Å². The summed E-state index contributed by atoms with van der Waals surface area (Å²) in [7, 11) is 0. The van der Waals surface area contributed by atoms with Crippen LogP contribution >= 0.6 is 11.3 Å². The fraction of sp³-hybridized carbons (Fsp3) is 0.385. The number of nitrogen functional groups attached to an aromatic ring is 1. The summed E-state index contributed by atoms with van der Waals surface area (Å²) in [5.41, 5.74) is 6.13. The van der Waals surface area contributed by atoms with E-state index in [0.717, 1.165) is 12.8 Å². The maximum Gasteiger partial charge on any atom is 0.242 e. The Kier molecular flexibility index (Phi) is 4.57. The average molecular weight is 278 g/mol. The second kappa shape index (κ2) is 6.38. The summed E-state index contributed by atoms with van der Waals surface area (Å²) in [5.74, 6) is -0.0463. The van der Waals surface area contributed by atoms with Gasteiger partial charge >= 0.3 is 0 Å². The molecule has 0 aromatic carbocycles. The highest BCUT2D eigenvalue weighted by molar-refractivity contribution is 7.10. The van der Waals surface area contributed by atoms with Crippen LogP contribution in [0.15, 0.2) is 29.9 Å². The molecule has 1 unspecified atom stereocenters. The highest BCUT2D eigenvalue weighted by Crippen LogP contribution is 2.23. The second-order valence-electron chi connectivity index (χ2n) is 4.40. The molecule has 2 heterocycles. The predicted molar refractivity (Wildman–Crippen MR) is 76.8 cm³/mol. The van der Waals surface area contributed by atoms with Crippen molar-refractivity contribution in [1.82, 2.24) is 15.1 Å². The highest BCUT2D eigenvalue weighted by atomic mass is 32.1. The minimum Gasteiger partial charge on any atom is -0.396 e. The van der Waals surface area contributed by atoms with Crippen LogP contribution in [0.3, 0.4) is 0 Å². The molecule has 0 aliphatic carbocycles. The molecular formula is C13H18N4OS. The van der Waals surface area contributed by atoms with Crippen molar-refractivity contribution in [3.05, 3.63) is 34.8 Å². The van der Waals surface area contributed by atoms with Crippen LogP contribution < -0.4 is 11.1 Å². The van der Waals surface area contributed by atoms with Gasteiger partial charge in [-0.15, -0.1) is 11.3 Å². The van der Waals surface area contributed by atoms with Gasteiger partial charge in [0.05, 0.1) is 17.9 Å². The summed E-state index contributed by atoms with van der Waals surface area (Å²) in [4.78, 5) is 13.2. The van der Waals surface area contributed by atoms with Crippen LogP contribution in [0.1, 0.15) is 30.7 Å². The molecular weight excluding hydrogens is 260 g/mol. The van der Waals surface area contributed by atoms with Crippen LogP contribution in [0.2, 0.25) is 0 Å². The van der Waals surface area contributed by atoms with Gasteiger partial charge in [0.1, 0.15) is 6.54 Å². The zero-order valence-electron chi connectivity index (χ0n) is 10.9. The molecule has 1 amide bonds. The third kappa shape index (κ3) is 3.82. The Morgan fingerprint density at radius 2 is 2.47 bits per heavy atom. The van der Waals surface area contributed by atoms with E-state index in [0.29, 0.717) is 5.69 Å². The lowest BCUT2D eigenvalue weighted by Crippen LogP contribution is -2.31. The Bertz CT molecular complexity index is 520. The number of carbonyl (C=O) groups excluding carboxylic acids is 1. The maximum absolute atomic E-state index is 12.0. The Labute approximate surface area is 116 Å². The summed E-state index contributed by atoms with van der Waals surface area (Å²) in [6, 6.07) is 4.14. The first-order chi connectivity index (χ1) is 9.19. The zero-order chi connectivity index (χ0) is 13.7. The monoisotopic (exact) mass is 278 g/mol. The van der Waals surface area contributed by atoms with E-state index in [9.17, 15) is 4.79 Å². The fourth-order valence-corrected chi connectivity index (χ4v) is 2.73. The lowest BCUT2D eigenvalue weighted by molar-refractivity contribution is -0.122. The molecule has 0 bridgehead atoms. The van der Waals surface area contributed by atoms with Crippen LogP contribution in [0, 0.1) is 0 Å². The summed E-state index contributed by atoms with van der Waals surface area (Å²) < 4.78 is 1.54. The Balaban J connectivity index is 1.95. The molecule has 2 rings (SSSR count). The minimum atomic E-state index is -0.0463. The summed E-state index contributed by atoms with van der Waals surface area (Å²) in [6.45, 7) is 2.31. The van der Waals surface area contributed by atoms with Crippen molar-refractivity contribution in [2.45, 2.75) is 32.4 Å². The lowest BCUT2D eigenvalue weighted by atomic mass is 10.1. The summed E-state index contributed by atoms with van der Waals surface area (Å²) in [6.07, 6.45) is 5.15. The number of rotatable bonds is 6. The van der Waals surface area contributed by atoms with Gasteiger partial charge in [-0.05, 0) is 17.9 Å². The van der Waals surface area contributed by atoms with E-state index in [2.05, 4.69) is 23.4 Å². The number of nitrogens with two attached hydrogens (primary N) is 1. The number of hydrogen-bond donors (Lipinski definition) is 2. The number of anilines is 1. The molecule has 0 radical (unpaired) electrons. The third-order valence-corrected chi connectivity index (χ3v) is 3.74. The number of thiophene rings is 1. The first-order valence-corrected chi connectivity index (χ1v) is 7.17. The van der Waals surface area contributed by atoms with E-state index in [1.165, 1.54) is 11.1 Å². The van der Waals surface area contributed by atoms with Gasteiger partial charge < -0.3 is 11.1 Å². The SMILES string of the molecule is CCCC(NC(=O)Cn1cc(N)cn1)c1cccs1. The molecule has 0 aliphatic heterocycles. The summed E-state index contributed by atoms with van der Waals surface area (Å²) >= 11 is 1.67. The zero-order valence-corrected chi connectivity index (χ0v) is 11.7. The Morgan fingerprint density at radius 1 is 1.63 bits per heavy atom. The molecule has 0 saturated heterocycles. The number of carbonyl (C=O) groups is 1. The molecule has 2 aromatic heterocycles. The van der Waals surface area contributed by atoms with Crippen LogP contribution in [-0.2, 0) is 11.3 Å². The molecule has 2 aromatic rings. The largest absolute Gasteiger partial charge is 0.396 e. The van der Waals surface area contributed by atoms with E-state index >= 15 is 0 Å². The van der Waals surface area contributed by atoms with Crippen molar-refractivity contribution >= 4 is 22.9 Å². The lowest BCUT2D eigenvalue weighted by Gasteiger charge is -2.16. The fourth-order valence-electron chi connectivity index (χ4n) is 1.92. The third-order valence-electron chi connectivity index (χ3n) is 2.76. The number of nitrogens with zero attached hydrogens (tertiary/aromatic N) is 2. The maximum atomic E-state index is 12.0. The standard InChI is InChI=1S/C13H18N4OS/c1-2-4-11(12-5-3-6-19-12)16-13(18)9-17-8-10(14)7-15-17/h3,5-8,11H,2,4,9,14H2,1H3,(H,16,18). The van der Waals surface area contributed by atoms with Gasteiger partial charge in [-0.1, -0.05) is 19.4 Å². The molecule has 0 spiro atoms. The molecule has 3 N–H and O–H groups in total. The van der Waals surface area contributed by atoms with Crippen LogP contribution in [0.4, 0.5) is 5.69 Å². The van der Waals surface area contributed by atoms with E-state index < -0.39 is 0 Å². The number of hydrogen-bond acceptors (Lipinski definition) is 4. The highest BCUT2D eigenvalue weighted by Gasteiger charge is 2.15. The number of nitrogens with one attached hydrogen (secondary N) is 1. The Hall–Kier alpha value is -1.82. The van der Waals surface area contributed by atoms with Gasteiger partial charge in [-0.25, -0.2) is 0 Å². The van der Waals surface area contributed by atoms with E-state index in [4.69, 9.17) is 5.73 Å².